The van der Waals surface area contributed by atoms with Gasteiger partial charge in [0.1, 0.15) is 12.4 Å². The van der Waals surface area contributed by atoms with Crippen molar-refractivity contribution >= 4 is 11.7 Å². The van der Waals surface area contributed by atoms with Crippen LogP contribution in [0.25, 0.3) is 0 Å². The summed E-state index contributed by atoms with van der Waals surface area (Å²) >= 11 is 0. The number of benzene rings is 1. The van der Waals surface area contributed by atoms with Crippen LogP contribution in [0.5, 0.6) is 0 Å². The highest BCUT2D eigenvalue weighted by Gasteiger charge is 2.13. The zero-order valence-electron chi connectivity index (χ0n) is 10.8. The minimum Gasteiger partial charge on any atom is -0.460 e. The van der Waals surface area contributed by atoms with Crippen molar-refractivity contribution in [2.45, 2.75) is 26.4 Å². The molecule has 0 aromatic heterocycles. The van der Waals surface area contributed by atoms with Crippen molar-refractivity contribution in [2.24, 2.45) is 0 Å². The van der Waals surface area contributed by atoms with Gasteiger partial charge in [-0.1, -0.05) is 0 Å². The number of carbonyl (C=O) groups excluding carboxylic acids is 1. The Hall–Kier alpha value is -1.62. The molecule has 4 nitrogen and oxygen atoms in total. The summed E-state index contributed by atoms with van der Waals surface area (Å²) in [5, 5.41) is 0. The predicted octanol–water partition coefficient (Wildman–Crippen LogP) is 2.38. The number of ether oxygens (including phenoxy) is 2. The number of anilines is 1. The second kappa shape index (κ2) is 5.82. The van der Waals surface area contributed by atoms with Crippen LogP contribution in [0.2, 0.25) is 0 Å². The van der Waals surface area contributed by atoms with E-state index in [1.807, 2.05) is 20.8 Å². The van der Waals surface area contributed by atoms with Crippen LogP contribution in [0.3, 0.4) is 0 Å². The summed E-state index contributed by atoms with van der Waals surface area (Å²) in [4.78, 5) is 11.6. The van der Waals surface area contributed by atoms with Crippen LogP contribution in [-0.4, -0.2) is 24.8 Å². The van der Waals surface area contributed by atoms with Crippen LogP contribution in [0, 0.1) is 5.82 Å². The summed E-state index contributed by atoms with van der Waals surface area (Å²) in [6.45, 7) is 6.16. The first-order chi connectivity index (χ1) is 8.29. The van der Waals surface area contributed by atoms with E-state index in [0.29, 0.717) is 6.61 Å². The van der Waals surface area contributed by atoms with E-state index in [9.17, 15) is 9.18 Å². The normalized spacial score (nSPS) is 11.3. The highest BCUT2D eigenvalue weighted by Crippen LogP contribution is 2.14. The van der Waals surface area contributed by atoms with E-state index in [4.69, 9.17) is 15.2 Å². The number of nitrogens with two attached hydrogens (primary N) is 1. The molecule has 1 aromatic rings. The van der Waals surface area contributed by atoms with Gasteiger partial charge in [0.25, 0.3) is 0 Å². The van der Waals surface area contributed by atoms with E-state index in [2.05, 4.69) is 0 Å². The minimum absolute atomic E-state index is 0.0664. The molecule has 1 aromatic carbocycles. The maximum absolute atomic E-state index is 12.8. The summed E-state index contributed by atoms with van der Waals surface area (Å²) in [6.07, 6.45) is 0. The third kappa shape index (κ3) is 4.71. The van der Waals surface area contributed by atoms with Crippen LogP contribution in [0.15, 0.2) is 18.2 Å². The standard InChI is InChI=1S/C13H18FNO3/c1-13(2,3)18-7-6-17-12(16)10-5-4-9(14)8-11(10)15/h4-5,8H,6-7,15H2,1-3H3. The molecule has 0 bridgehead atoms. The van der Waals surface area contributed by atoms with Crippen molar-refractivity contribution in [3.05, 3.63) is 29.6 Å². The fraction of sp³-hybridized carbons (Fsp3) is 0.462. The highest BCUT2D eigenvalue weighted by atomic mass is 19.1. The molecule has 0 saturated carbocycles. The third-order valence-corrected chi connectivity index (χ3v) is 2.09. The van der Waals surface area contributed by atoms with Gasteiger partial charge < -0.3 is 15.2 Å². The van der Waals surface area contributed by atoms with Gasteiger partial charge in [0.15, 0.2) is 0 Å². The molecule has 0 aliphatic heterocycles. The van der Waals surface area contributed by atoms with E-state index >= 15 is 0 Å². The van der Waals surface area contributed by atoms with E-state index in [1.54, 1.807) is 0 Å². The molecule has 0 spiro atoms. The molecule has 0 amide bonds. The number of carbonyl (C=O) groups is 1. The predicted molar refractivity (Wildman–Crippen MR) is 66.8 cm³/mol. The van der Waals surface area contributed by atoms with Crippen molar-refractivity contribution in [3.63, 3.8) is 0 Å². The number of halogens is 1. The number of hydrogen-bond donors (Lipinski definition) is 1. The maximum atomic E-state index is 12.8. The van der Waals surface area contributed by atoms with Crippen molar-refractivity contribution in [1.29, 1.82) is 0 Å². The van der Waals surface area contributed by atoms with Crippen LogP contribution < -0.4 is 5.73 Å². The van der Waals surface area contributed by atoms with Gasteiger partial charge in [-0.05, 0) is 39.0 Å². The molecule has 18 heavy (non-hydrogen) atoms. The van der Waals surface area contributed by atoms with Gasteiger partial charge in [-0.3, -0.25) is 0 Å². The van der Waals surface area contributed by atoms with Gasteiger partial charge >= 0.3 is 5.97 Å². The fourth-order valence-corrected chi connectivity index (χ4v) is 1.28. The molecular formula is C13H18FNO3. The first-order valence-electron chi connectivity index (χ1n) is 5.66. The molecule has 5 heteroatoms. The quantitative estimate of drug-likeness (QED) is 0.510. The van der Waals surface area contributed by atoms with E-state index in [1.165, 1.54) is 12.1 Å². The highest BCUT2D eigenvalue weighted by molar-refractivity contribution is 5.94. The van der Waals surface area contributed by atoms with Crippen LogP contribution in [0.1, 0.15) is 31.1 Å². The number of nitrogen functional groups attached to an aromatic ring is 1. The second-order valence-corrected chi connectivity index (χ2v) is 4.83. The molecule has 0 heterocycles. The molecule has 0 radical (unpaired) electrons. The fourth-order valence-electron chi connectivity index (χ4n) is 1.28. The molecule has 0 fully saturated rings. The summed E-state index contributed by atoms with van der Waals surface area (Å²) in [5.41, 5.74) is 5.47. The molecular weight excluding hydrogens is 237 g/mol. The van der Waals surface area contributed by atoms with Gasteiger partial charge in [-0.2, -0.15) is 0 Å². The van der Waals surface area contributed by atoms with E-state index in [0.717, 1.165) is 6.07 Å². The van der Waals surface area contributed by atoms with Crippen LogP contribution in [0.4, 0.5) is 10.1 Å². The Labute approximate surface area is 106 Å². The van der Waals surface area contributed by atoms with Crippen LogP contribution in [-0.2, 0) is 9.47 Å². The summed E-state index contributed by atoms with van der Waals surface area (Å²) < 4.78 is 23.2. The Balaban J connectivity index is 2.46. The third-order valence-electron chi connectivity index (χ3n) is 2.09. The lowest BCUT2D eigenvalue weighted by Gasteiger charge is -2.19. The lowest BCUT2D eigenvalue weighted by atomic mass is 10.2. The summed E-state index contributed by atoms with van der Waals surface area (Å²) in [5.74, 6) is -1.06. The molecule has 2 N–H and O–H groups in total. The van der Waals surface area contributed by atoms with Gasteiger partial charge in [-0.25, -0.2) is 9.18 Å². The maximum Gasteiger partial charge on any atom is 0.340 e. The lowest BCUT2D eigenvalue weighted by Crippen LogP contribution is -2.22. The zero-order valence-corrected chi connectivity index (χ0v) is 10.8. The van der Waals surface area contributed by atoms with E-state index < -0.39 is 11.8 Å². The molecule has 0 atom stereocenters. The monoisotopic (exact) mass is 255 g/mol. The minimum atomic E-state index is -0.579. The first kappa shape index (κ1) is 14.4. The Kier molecular flexibility index (Phi) is 4.67. The van der Waals surface area contributed by atoms with Crippen molar-refractivity contribution in [2.75, 3.05) is 18.9 Å². The Morgan fingerprint density at radius 3 is 2.56 bits per heavy atom. The molecule has 100 valence electrons. The molecule has 0 aliphatic rings. The van der Waals surface area contributed by atoms with Crippen molar-refractivity contribution < 1.29 is 18.7 Å². The topological polar surface area (TPSA) is 61.5 Å². The first-order valence-corrected chi connectivity index (χ1v) is 5.66. The van der Waals surface area contributed by atoms with Gasteiger partial charge in [0.2, 0.25) is 0 Å². The Bertz CT molecular complexity index is 427. The van der Waals surface area contributed by atoms with Gasteiger partial charge in [0.05, 0.1) is 17.8 Å². The zero-order chi connectivity index (χ0) is 13.8. The number of hydrogen-bond acceptors (Lipinski definition) is 4. The summed E-state index contributed by atoms with van der Waals surface area (Å²) in [6, 6.07) is 3.55. The molecule has 0 aliphatic carbocycles. The number of rotatable bonds is 4. The average molecular weight is 255 g/mol. The second-order valence-electron chi connectivity index (χ2n) is 4.83. The Morgan fingerprint density at radius 2 is 2.00 bits per heavy atom. The molecule has 0 saturated heterocycles. The van der Waals surface area contributed by atoms with Crippen molar-refractivity contribution in [3.8, 4) is 0 Å². The smallest absolute Gasteiger partial charge is 0.340 e. The van der Waals surface area contributed by atoms with Crippen LogP contribution >= 0.6 is 0 Å². The van der Waals surface area contributed by atoms with Gasteiger partial charge in [0, 0.05) is 5.69 Å². The average Bonchev–Trinajstić information content (AvgIpc) is 2.22. The van der Waals surface area contributed by atoms with E-state index in [-0.39, 0.29) is 23.5 Å². The molecule has 0 unspecified atom stereocenters. The largest absolute Gasteiger partial charge is 0.460 e. The Morgan fingerprint density at radius 1 is 1.33 bits per heavy atom. The lowest BCUT2D eigenvalue weighted by molar-refractivity contribution is -0.0281. The van der Waals surface area contributed by atoms with Gasteiger partial charge in [-0.15, -0.1) is 0 Å². The van der Waals surface area contributed by atoms with Crippen molar-refractivity contribution in [1.82, 2.24) is 0 Å². The summed E-state index contributed by atoms with van der Waals surface area (Å²) in [7, 11) is 0. The molecule has 1 rings (SSSR count). The number of esters is 1. The SMILES string of the molecule is CC(C)(C)OCCOC(=O)c1ccc(F)cc1N.